The van der Waals surface area contributed by atoms with Gasteiger partial charge < -0.3 is 19.9 Å². The van der Waals surface area contributed by atoms with E-state index < -0.39 is 0 Å². The molecule has 0 spiro atoms. The van der Waals surface area contributed by atoms with E-state index in [1.807, 2.05) is 11.5 Å². The van der Waals surface area contributed by atoms with Gasteiger partial charge in [0.2, 0.25) is 11.8 Å². The van der Waals surface area contributed by atoms with Gasteiger partial charge in [-0.25, -0.2) is 0 Å². The van der Waals surface area contributed by atoms with Crippen molar-refractivity contribution in [3.8, 4) is 5.75 Å². The number of thioether (sulfide) groups is 1. The number of methoxy groups -OCH3 is 1. The van der Waals surface area contributed by atoms with Gasteiger partial charge in [-0.05, 0) is 43.3 Å². The highest BCUT2D eigenvalue weighted by molar-refractivity contribution is 7.99. The highest BCUT2D eigenvalue weighted by Crippen LogP contribution is 2.22. The van der Waals surface area contributed by atoms with Gasteiger partial charge in [0, 0.05) is 12.2 Å². The predicted octanol–water partition coefficient (Wildman–Crippen LogP) is 3.87. The van der Waals surface area contributed by atoms with Crippen LogP contribution in [0.4, 0.5) is 11.4 Å². The van der Waals surface area contributed by atoms with Crippen molar-refractivity contribution >= 4 is 46.6 Å². The lowest BCUT2D eigenvalue weighted by molar-refractivity contribution is -0.116. The van der Waals surface area contributed by atoms with Gasteiger partial charge in [0.25, 0.3) is 0 Å². The first-order valence-electron chi connectivity index (χ1n) is 9.53. The van der Waals surface area contributed by atoms with Crippen LogP contribution in [0.2, 0.25) is 5.02 Å². The Bertz CT molecular complexity index is 1060. The summed E-state index contributed by atoms with van der Waals surface area (Å²) in [4.78, 5) is 24.7. The minimum atomic E-state index is -0.208. The Labute approximate surface area is 189 Å². The van der Waals surface area contributed by atoms with Gasteiger partial charge in [0.05, 0.1) is 30.0 Å². The highest BCUT2D eigenvalue weighted by Gasteiger charge is 2.16. The number of nitrogens with one attached hydrogen (secondary N) is 2. The Balaban J connectivity index is 1.57. The summed E-state index contributed by atoms with van der Waals surface area (Å²) in [5.41, 5.74) is 1.22. The van der Waals surface area contributed by atoms with E-state index in [2.05, 4.69) is 20.8 Å². The van der Waals surface area contributed by atoms with Crippen molar-refractivity contribution in [2.45, 2.75) is 25.0 Å². The minimum Gasteiger partial charge on any atom is -0.497 e. The van der Waals surface area contributed by atoms with E-state index in [1.54, 1.807) is 55.6 Å². The number of hydrogen-bond acceptors (Lipinski definition) is 6. The second-order valence-electron chi connectivity index (χ2n) is 6.41. The molecule has 0 radical (unpaired) electrons. The Morgan fingerprint density at radius 1 is 1.06 bits per heavy atom. The largest absolute Gasteiger partial charge is 0.497 e. The van der Waals surface area contributed by atoms with E-state index in [-0.39, 0.29) is 24.0 Å². The van der Waals surface area contributed by atoms with Crippen LogP contribution >= 0.6 is 23.4 Å². The van der Waals surface area contributed by atoms with Crippen molar-refractivity contribution in [3.63, 3.8) is 0 Å². The first kappa shape index (κ1) is 22.6. The van der Waals surface area contributed by atoms with Crippen molar-refractivity contribution < 1.29 is 14.3 Å². The monoisotopic (exact) mass is 459 g/mol. The molecule has 0 aliphatic rings. The van der Waals surface area contributed by atoms with Crippen LogP contribution in [-0.2, 0) is 22.6 Å². The number of carbonyl (C=O) groups is 2. The molecule has 0 fully saturated rings. The standard InChI is InChI=1S/C21H22ClN5O3S/c1-3-27-18(12-19(28)23-14-8-10-15(30-2)11-9-14)25-26-21(27)31-13-20(29)24-17-7-5-4-6-16(17)22/h4-11H,3,12-13H2,1-2H3,(H,23,28)(H,24,29). The first-order valence-corrected chi connectivity index (χ1v) is 10.9. The molecule has 0 aliphatic carbocycles. The number of carbonyl (C=O) groups excluding carboxylic acids is 2. The van der Waals surface area contributed by atoms with E-state index >= 15 is 0 Å². The van der Waals surface area contributed by atoms with E-state index in [9.17, 15) is 9.59 Å². The summed E-state index contributed by atoms with van der Waals surface area (Å²) in [6.45, 7) is 2.51. The minimum absolute atomic E-state index is 0.0687. The maximum absolute atomic E-state index is 12.4. The molecule has 2 aromatic carbocycles. The molecule has 0 bridgehead atoms. The number of anilines is 2. The molecule has 10 heteroatoms. The van der Waals surface area contributed by atoms with E-state index in [1.165, 1.54) is 11.8 Å². The number of nitrogens with zero attached hydrogens (tertiary/aromatic N) is 3. The third-order valence-electron chi connectivity index (χ3n) is 4.28. The first-order chi connectivity index (χ1) is 15.0. The Hall–Kier alpha value is -3.04. The van der Waals surface area contributed by atoms with Gasteiger partial charge in [0.1, 0.15) is 11.6 Å². The number of hydrogen-bond donors (Lipinski definition) is 2. The fourth-order valence-electron chi connectivity index (χ4n) is 2.78. The molecule has 2 amide bonds. The SMILES string of the molecule is CCn1c(CC(=O)Nc2ccc(OC)cc2)nnc1SCC(=O)Nc1ccccc1Cl. The Morgan fingerprint density at radius 3 is 2.48 bits per heavy atom. The van der Waals surface area contributed by atoms with Crippen LogP contribution < -0.4 is 15.4 Å². The maximum Gasteiger partial charge on any atom is 0.234 e. The number of rotatable bonds is 9. The van der Waals surface area contributed by atoms with Crippen molar-refractivity contribution in [2.75, 3.05) is 23.5 Å². The molecule has 31 heavy (non-hydrogen) atoms. The topological polar surface area (TPSA) is 98.1 Å². The summed E-state index contributed by atoms with van der Waals surface area (Å²) in [5, 5.41) is 14.9. The van der Waals surface area contributed by atoms with E-state index in [0.29, 0.717) is 39.7 Å². The fraction of sp³-hybridized carbons (Fsp3) is 0.238. The zero-order valence-corrected chi connectivity index (χ0v) is 18.7. The molecule has 2 N–H and O–H groups in total. The lowest BCUT2D eigenvalue weighted by atomic mass is 10.3. The average molecular weight is 460 g/mol. The summed E-state index contributed by atoms with van der Waals surface area (Å²) < 4.78 is 6.93. The molecule has 3 aromatic rings. The Kier molecular flexibility index (Phi) is 7.91. The zero-order chi connectivity index (χ0) is 22.2. The number of para-hydroxylation sites is 1. The predicted molar refractivity (Wildman–Crippen MR) is 122 cm³/mol. The molecule has 8 nitrogen and oxygen atoms in total. The molecule has 0 aliphatic heterocycles. The third-order valence-corrected chi connectivity index (χ3v) is 5.58. The number of ether oxygens (including phenoxy) is 1. The van der Waals surface area contributed by atoms with Crippen molar-refractivity contribution in [2.24, 2.45) is 0 Å². The number of benzene rings is 2. The summed E-state index contributed by atoms with van der Waals surface area (Å²) in [6.07, 6.45) is 0.0687. The molecular weight excluding hydrogens is 438 g/mol. The normalized spacial score (nSPS) is 10.5. The van der Waals surface area contributed by atoms with Crippen molar-refractivity contribution in [3.05, 3.63) is 59.4 Å². The van der Waals surface area contributed by atoms with Gasteiger partial charge in [0.15, 0.2) is 5.16 Å². The van der Waals surface area contributed by atoms with Gasteiger partial charge in [-0.15, -0.1) is 10.2 Å². The second kappa shape index (κ2) is 10.8. The van der Waals surface area contributed by atoms with E-state index in [0.717, 1.165) is 0 Å². The fourth-order valence-corrected chi connectivity index (χ4v) is 3.78. The quantitative estimate of drug-likeness (QED) is 0.471. The Morgan fingerprint density at radius 2 is 1.81 bits per heavy atom. The third kappa shape index (κ3) is 6.22. The van der Waals surface area contributed by atoms with Crippen LogP contribution in [0, 0.1) is 0 Å². The molecule has 3 rings (SSSR count). The molecule has 0 saturated carbocycles. The van der Waals surface area contributed by atoms with E-state index in [4.69, 9.17) is 16.3 Å². The van der Waals surface area contributed by atoms with Crippen LogP contribution in [0.1, 0.15) is 12.7 Å². The molecule has 0 unspecified atom stereocenters. The lowest BCUT2D eigenvalue weighted by Crippen LogP contribution is -2.18. The number of amides is 2. The molecule has 1 heterocycles. The van der Waals surface area contributed by atoms with Crippen LogP contribution in [0.25, 0.3) is 0 Å². The molecule has 0 saturated heterocycles. The van der Waals surface area contributed by atoms with Gasteiger partial charge in [-0.2, -0.15) is 0 Å². The van der Waals surface area contributed by atoms with Crippen LogP contribution in [0.15, 0.2) is 53.7 Å². The van der Waals surface area contributed by atoms with Crippen molar-refractivity contribution in [1.29, 1.82) is 0 Å². The zero-order valence-electron chi connectivity index (χ0n) is 17.1. The van der Waals surface area contributed by atoms with Crippen molar-refractivity contribution in [1.82, 2.24) is 14.8 Å². The van der Waals surface area contributed by atoms with Crippen LogP contribution in [-0.4, -0.2) is 39.4 Å². The molecule has 1 aromatic heterocycles. The average Bonchev–Trinajstić information content (AvgIpc) is 3.15. The van der Waals surface area contributed by atoms with Crippen LogP contribution in [0.3, 0.4) is 0 Å². The maximum atomic E-state index is 12.4. The molecular formula is C21H22ClN5O3S. The number of aromatic nitrogens is 3. The van der Waals surface area contributed by atoms with Crippen LogP contribution in [0.5, 0.6) is 5.75 Å². The van der Waals surface area contributed by atoms with Gasteiger partial charge in [-0.1, -0.05) is 35.5 Å². The smallest absolute Gasteiger partial charge is 0.234 e. The highest BCUT2D eigenvalue weighted by atomic mass is 35.5. The summed E-state index contributed by atoms with van der Waals surface area (Å²) in [7, 11) is 1.58. The molecule has 162 valence electrons. The summed E-state index contributed by atoms with van der Waals surface area (Å²) in [6, 6.07) is 14.1. The summed E-state index contributed by atoms with van der Waals surface area (Å²) >= 11 is 7.32. The van der Waals surface area contributed by atoms with Gasteiger partial charge in [-0.3, -0.25) is 9.59 Å². The van der Waals surface area contributed by atoms with Gasteiger partial charge >= 0.3 is 0 Å². The lowest BCUT2D eigenvalue weighted by Gasteiger charge is -2.09. The molecule has 0 atom stereocenters. The number of halogens is 1. The second-order valence-corrected chi connectivity index (χ2v) is 7.76. The summed E-state index contributed by atoms with van der Waals surface area (Å²) in [5.74, 6) is 0.968.